The van der Waals surface area contributed by atoms with Crippen LogP contribution in [0.1, 0.15) is 111 Å². The molecule has 3 aliphatic heterocycles. The van der Waals surface area contributed by atoms with Crippen LogP contribution in [0.3, 0.4) is 0 Å². The van der Waals surface area contributed by atoms with Crippen molar-refractivity contribution in [2.24, 2.45) is 0 Å². The van der Waals surface area contributed by atoms with Gasteiger partial charge in [-0.05, 0) is 92.3 Å². The van der Waals surface area contributed by atoms with Gasteiger partial charge in [0.2, 0.25) is 33.6 Å². The molecular formula is C54H66N10O8S4. The van der Waals surface area contributed by atoms with E-state index >= 15 is 0 Å². The lowest BCUT2D eigenvalue weighted by molar-refractivity contribution is -0.114. The van der Waals surface area contributed by atoms with Crippen LogP contribution in [0.25, 0.3) is 0 Å². The lowest BCUT2D eigenvalue weighted by Gasteiger charge is -2.33. The molecule has 0 radical (unpaired) electrons. The van der Waals surface area contributed by atoms with Crippen LogP contribution in [0.4, 0.5) is 21.6 Å². The number of ether oxygens (including phenoxy) is 1. The second kappa shape index (κ2) is 24.4. The number of rotatable bonds is 17. The number of likely N-dealkylation sites (tertiary alicyclic amines) is 1. The van der Waals surface area contributed by atoms with Gasteiger partial charge in [-0.2, -0.15) is 4.31 Å². The second-order valence-electron chi connectivity index (χ2n) is 20.7. The summed E-state index contributed by atoms with van der Waals surface area (Å²) in [5.74, 6) is 3.09. The minimum absolute atomic E-state index is 0.0255. The molecule has 404 valence electrons. The molecule has 2 fully saturated rings. The van der Waals surface area contributed by atoms with Crippen LogP contribution in [0.2, 0.25) is 0 Å². The van der Waals surface area contributed by atoms with Crippen LogP contribution in [0, 0.1) is 0 Å². The summed E-state index contributed by atoms with van der Waals surface area (Å²) in [7, 11) is -3.66. The van der Waals surface area contributed by atoms with Gasteiger partial charge in [-0.25, -0.2) is 28.4 Å². The van der Waals surface area contributed by atoms with E-state index in [1.54, 1.807) is 98.5 Å². The third-order valence-electron chi connectivity index (χ3n) is 12.8. The van der Waals surface area contributed by atoms with Gasteiger partial charge in [-0.1, -0.05) is 77.4 Å². The van der Waals surface area contributed by atoms with E-state index < -0.39 is 10.0 Å². The Morgan fingerprint density at radius 1 is 0.789 bits per heavy atom. The number of nitrogens with zero attached hydrogens (tertiary/aromatic N) is 7. The number of amides is 3. The number of thiazole rings is 2. The number of anilines is 4. The topological polar surface area (TPSA) is 218 Å². The molecule has 22 heteroatoms. The summed E-state index contributed by atoms with van der Waals surface area (Å²) in [6.07, 6.45) is 13.8. The standard InChI is InChI=1S/C27H33N5O4S3.C27H33N5O4S/c1-5-24(33)32-12-10-18-13-20(8-9-21(18)32)39(34,35)31-11-6-7-19(16-31)30-26-29-15-25(38-26)37-17-23-28-14-22(36-23)27(2,3)4;1-5-23(33)30-19-10-8-18(9-11-19)25(34)32-12-6-7-20(15-32)31-26-29-13-21(37-26)16-35-17-24-28-14-22(36-24)27(2,3)4/h5,8-9,13-15,19H,1,6-7,10-12,16-17H2,2-4H3,(H,29,30);5,8-11,13-14,20H,1,6-7,12,15-17H2,2-4H3,(H,29,31)(H,30,33)/t19-;20-/m11/s1. The summed E-state index contributed by atoms with van der Waals surface area (Å²) in [5.41, 5.74) is 2.67. The van der Waals surface area contributed by atoms with E-state index in [2.05, 4.69) is 90.6 Å². The lowest BCUT2D eigenvalue weighted by atomic mass is 9.94. The van der Waals surface area contributed by atoms with Crippen LogP contribution in [0.15, 0.2) is 111 Å². The Bertz CT molecular complexity index is 3120. The fraction of sp³-hybridized carbons (Fsp3) is 0.426. The van der Waals surface area contributed by atoms with Gasteiger partial charge in [0.15, 0.2) is 10.3 Å². The third kappa shape index (κ3) is 14.4. The van der Waals surface area contributed by atoms with E-state index in [4.69, 9.17) is 13.6 Å². The molecule has 3 N–H and O–H groups in total. The van der Waals surface area contributed by atoms with Gasteiger partial charge >= 0.3 is 0 Å². The van der Waals surface area contributed by atoms with Crippen LogP contribution in [-0.2, 0) is 60.6 Å². The molecule has 7 heterocycles. The minimum atomic E-state index is -3.66. The number of piperidine rings is 2. The molecule has 9 rings (SSSR count). The average Bonchev–Trinajstić information content (AvgIpc) is 4.28. The fourth-order valence-electron chi connectivity index (χ4n) is 8.66. The van der Waals surface area contributed by atoms with Crippen molar-refractivity contribution in [3.63, 3.8) is 0 Å². The van der Waals surface area contributed by atoms with Gasteiger partial charge in [-0.3, -0.25) is 14.4 Å². The number of carbonyl (C=O) groups excluding carboxylic acids is 3. The number of hydrogen-bond donors (Lipinski definition) is 3. The van der Waals surface area contributed by atoms with E-state index in [9.17, 15) is 22.8 Å². The van der Waals surface area contributed by atoms with Gasteiger partial charge in [0, 0.05) is 78.8 Å². The molecule has 0 unspecified atom stereocenters. The third-order valence-corrected chi connectivity index (χ3v) is 17.7. The number of sulfonamides is 1. The van der Waals surface area contributed by atoms with Crippen molar-refractivity contribution in [1.29, 1.82) is 0 Å². The van der Waals surface area contributed by atoms with E-state index in [1.165, 1.54) is 12.2 Å². The van der Waals surface area contributed by atoms with Crippen LogP contribution in [0.5, 0.6) is 0 Å². The Balaban J connectivity index is 0.000000202. The highest BCUT2D eigenvalue weighted by Crippen LogP contribution is 2.35. The van der Waals surface area contributed by atoms with Crippen molar-refractivity contribution in [2.75, 3.05) is 53.6 Å². The van der Waals surface area contributed by atoms with Crippen LogP contribution < -0.4 is 20.9 Å². The SMILES string of the molecule is C=CC(=O)N1CCc2cc(S(=O)(=O)N3CCC[C@@H](Nc4ncc(SCc5ncc(C(C)(C)C)o5)s4)C3)ccc21.C=CC(=O)Nc1ccc(C(=O)N2CCC[C@@H](Nc3ncc(COCc4ncc(C(C)(C)C)o4)s3)C2)cc1. The largest absolute Gasteiger partial charge is 0.444 e. The van der Waals surface area contributed by atoms with Crippen molar-refractivity contribution >= 4 is 83.8 Å². The summed E-state index contributed by atoms with van der Waals surface area (Å²) in [6.45, 7) is 22.9. The minimum Gasteiger partial charge on any atom is -0.444 e. The van der Waals surface area contributed by atoms with E-state index in [0.29, 0.717) is 81.1 Å². The number of carbonyl (C=O) groups is 3. The molecule has 0 saturated carbocycles. The van der Waals surface area contributed by atoms with Crippen molar-refractivity contribution in [3.8, 4) is 0 Å². The zero-order chi connectivity index (χ0) is 54.2. The van der Waals surface area contributed by atoms with Crippen molar-refractivity contribution in [1.82, 2.24) is 29.1 Å². The van der Waals surface area contributed by atoms with Gasteiger partial charge in [0.05, 0.1) is 44.9 Å². The van der Waals surface area contributed by atoms with Crippen LogP contribution >= 0.6 is 34.4 Å². The van der Waals surface area contributed by atoms with Gasteiger partial charge in [0.25, 0.3) is 5.91 Å². The first-order valence-electron chi connectivity index (χ1n) is 25.2. The van der Waals surface area contributed by atoms with Crippen molar-refractivity contribution < 1.29 is 36.4 Å². The number of hydrogen-bond acceptors (Lipinski definition) is 17. The molecule has 76 heavy (non-hydrogen) atoms. The Hall–Kier alpha value is -6.17. The predicted octanol–water partition coefficient (Wildman–Crippen LogP) is 10.0. The zero-order valence-corrected chi connectivity index (χ0v) is 47.1. The summed E-state index contributed by atoms with van der Waals surface area (Å²) < 4.78 is 47.0. The second-order valence-corrected chi connectivity index (χ2v) is 26.1. The molecule has 3 amide bonds. The number of benzene rings is 2. The molecule has 4 aromatic heterocycles. The Morgan fingerprint density at radius 3 is 2.13 bits per heavy atom. The molecule has 0 bridgehead atoms. The molecule has 3 aliphatic rings. The number of fused-ring (bicyclic) bond motifs is 1. The molecule has 0 aliphatic carbocycles. The Kier molecular flexibility index (Phi) is 18.0. The maximum Gasteiger partial charge on any atom is 0.253 e. The molecule has 18 nitrogen and oxygen atoms in total. The normalized spacial score (nSPS) is 17.1. The smallest absolute Gasteiger partial charge is 0.253 e. The number of oxazole rings is 2. The van der Waals surface area contributed by atoms with Gasteiger partial charge in [-0.15, -0.1) is 11.8 Å². The molecule has 2 saturated heterocycles. The first kappa shape index (κ1) is 56.0. The highest BCUT2D eigenvalue weighted by molar-refractivity contribution is 8.00. The van der Waals surface area contributed by atoms with Gasteiger partial charge in [0.1, 0.15) is 18.1 Å². The summed E-state index contributed by atoms with van der Waals surface area (Å²) in [6, 6.07) is 12.0. The number of aromatic nitrogens is 4. The van der Waals surface area contributed by atoms with Crippen molar-refractivity contribution in [2.45, 2.75) is 125 Å². The van der Waals surface area contributed by atoms with Crippen LogP contribution in [-0.4, -0.2) is 100 Å². The first-order valence-corrected chi connectivity index (χ1v) is 29.3. The Labute approximate surface area is 456 Å². The molecule has 2 atom stereocenters. The maximum absolute atomic E-state index is 13.5. The summed E-state index contributed by atoms with van der Waals surface area (Å²) in [5, 5.41) is 11.2. The van der Waals surface area contributed by atoms with Gasteiger partial charge < -0.3 is 39.3 Å². The molecule has 0 spiro atoms. The van der Waals surface area contributed by atoms with E-state index in [1.807, 2.05) is 17.3 Å². The molecule has 2 aromatic carbocycles. The number of nitrogens with one attached hydrogen (secondary N) is 3. The lowest BCUT2D eigenvalue weighted by Crippen LogP contribution is -2.45. The van der Waals surface area contributed by atoms with E-state index in [-0.39, 0.29) is 45.5 Å². The summed E-state index contributed by atoms with van der Waals surface area (Å²) in [4.78, 5) is 59.0. The first-order chi connectivity index (χ1) is 36.2. The highest BCUT2D eigenvalue weighted by Gasteiger charge is 2.33. The fourth-order valence-corrected chi connectivity index (χ4v) is 12.9. The zero-order valence-electron chi connectivity index (χ0n) is 43.8. The molecular weight excluding hydrogens is 1040 g/mol. The molecule has 6 aromatic rings. The van der Waals surface area contributed by atoms with E-state index in [0.717, 1.165) is 67.8 Å². The quantitative estimate of drug-likeness (QED) is 0.0572. The predicted molar refractivity (Wildman–Crippen MR) is 299 cm³/mol. The maximum atomic E-state index is 13.5. The monoisotopic (exact) mass is 1110 g/mol. The average molecular weight is 1110 g/mol. The Morgan fingerprint density at radius 2 is 1.45 bits per heavy atom. The van der Waals surface area contributed by atoms with Crippen molar-refractivity contribution in [3.05, 3.63) is 132 Å². The number of thioether (sulfide) groups is 1. The summed E-state index contributed by atoms with van der Waals surface area (Å²) >= 11 is 4.71. The highest BCUT2D eigenvalue weighted by atomic mass is 32.2.